The number of aromatic nitrogens is 2. The summed E-state index contributed by atoms with van der Waals surface area (Å²) in [6.07, 6.45) is -2.16. The first-order chi connectivity index (χ1) is 13.7. The van der Waals surface area contributed by atoms with Crippen LogP contribution in [0.4, 0.5) is 18.9 Å². The van der Waals surface area contributed by atoms with Crippen LogP contribution in [-0.2, 0) is 6.18 Å². The number of benzene rings is 2. The molecular weight excluding hydrogens is 407 g/mol. The van der Waals surface area contributed by atoms with Crippen LogP contribution in [0.15, 0.2) is 60.9 Å². The van der Waals surface area contributed by atoms with Gasteiger partial charge in [0.25, 0.3) is 5.91 Å². The summed E-state index contributed by atoms with van der Waals surface area (Å²) in [5.74, 6) is -0.411. The lowest BCUT2D eigenvalue weighted by molar-refractivity contribution is -0.137. The fourth-order valence-electron chi connectivity index (χ4n) is 2.54. The average molecular weight is 422 g/mol. The molecule has 1 unspecified atom stereocenters. The maximum absolute atomic E-state index is 12.8. The first kappa shape index (κ1) is 20.6. The Labute approximate surface area is 169 Å². The van der Waals surface area contributed by atoms with E-state index in [1.54, 1.807) is 31.2 Å². The lowest BCUT2D eigenvalue weighted by Gasteiger charge is -2.15. The highest BCUT2D eigenvalue weighted by atomic mass is 35.5. The van der Waals surface area contributed by atoms with Crippen molar-refractivity contribution in [1.29, 1.82) is 0 Å². The number of alkyl halides is 3. The second-order valence-electron chi connectivity index (χ2n) is 6.10. The number of nitrogens with one attached hydrogen (secondary N) is 1. The molecule has 29 heavy (non-hydrogen) atoms. The molecule has 3 rings (SSSR count). The second-order valence-corrected chi connectivity index (χ2v) is 6.49. The van der Waals surface area contributed by atoms with E-state index in [-0.39, 0.29) is 16.6 Å². The van der Waals surface area contributed by atoms with E-state index >= 15 is 0 Å². The fourth-order valence-corrected chi connectivity index (χ4v) is 2.68. The lowest BCUT2D eigenvalue weighted by Crippen LogP contribution is -2.14. The Morgan fingerprint density at radius 1 is 1.14 bits per heavy atom. The summed E-state index contributed by atoms with van der Waals surface area (Å²) in [6.45, 7) is 1.77. The summed E-state index contributed by atoms with van der Waals surface area (Å²) in [5.41, 5.74) is 0.151. The third kappa shape index (κ3) is 5.45. The van der Waals surface area contributed by atoms with Crippen molar-refractivity contribution in [1.82, 2.24) is 9.97 Å². The van der Waals surface area contributed by atoms with E-state index in [0.717, 1.165) is 12.1 Å². The fraction of sp³-hybridized carbons (Fsp3) is 0.150. The molecule has 0 saturated heterocycles. The SMILES string of the molecule is CC(Oc1cncc(Cl)n1)c1cccc(NC(=O)c2cccc(C(F)(F)F)c2)c1. The number of halogens is 4. The summed E-state index contributed by atoms with van der Waals surface area (Å²) in [4.78, 5) is 20.2. The molecule has 5 nitrogen and oxygen atoms in total. The van der Waals surface area contributed by atoms with Crippen LogP contribution in [0.2, 0.25) is 5.15 Å². The standard InChI is InChI=1S/C20H15ClF3N3O2/c1-12(29-18-11-25-10-17(21)27-18)13-4-3-7-16(9-13)26-19(28)14-5-2-6-15(8-14)20(22,23)24/h2-12H,1H3,(H,26,28). The largest absolute Gasteiger partial charge is 0.469 e. The molecule has 0 bridgehead atoms. The van der Waals surface area contributed by atoms with E-state index in [0.29, 0.717) is 11.3 Å². The van der Waals surface area contributed by atoms with Gasteiger partial charge in [-0.2, -0.15) is 18.2 Å². The van der Waals surface area contributed by atoms with Crippen LogP contribution in [-0.4, -0.2) is 15.9 Å². The second kappa shape index (κ2) is 8.48. The van der Waals surface area contributed by atoms with Crippen LogP contribution >= 0.6 is 11.6 Å². The third-order valence-corrected chi connectivity index (χ3v) is 4.13. The van der Waals surface area contributed by atoms with Crippen LogP contribution in [0.3, 0.4) is 0 Å². The zero-order valence-corrected chi connectivity index (χ0v) is 15.8. The first-order valence-electron chi connectivity index (χ1n) is 8.45. The van der Waals surface area contributed by atoms with Crippen LogP contribution < -0.4 is 10.1 Å². The normalized spacial score (nSPS) is 12.3. The number of nitrogens with zero attached hydrogens (tertiary/aromatic N) is 2. The number of ether oxygens (including phenoxy) is 1. The van der Waals surface area contributed by atoms with Gasteiger partial charge in [-0.05, 0) is 42.8 Å². The monoisotopic (exact) mass is 421 g/mol. The Bertz CT molecular complexity index is 1030. The molecule has 0 aliphatic carbocycles. The molecule has 150 valence electrons. The van der Waals surface area contributed by atoms with Gasteiger partial charge in [0.15, 0.2) is 5.15 Å². The van der Waals surface area contributed by atoms with Crippen molar-refractivity contribution in [2.75, 3.05) is 5.32 Å². The molecule has 0 spiro atoms. The summed E-state index contributed by atoms with van der Waals surface area (Å²) in [5, 5.41) is 2.79. The van der Waals surface area contributed by atoms with Gasteiger partial charge < -0.3 is 10.1 Å². The molecule has 1 atom stereocenters. The molecule has 1 heterocycles. The van der Waals surface area contributed by atoms with Crippen molar-refractivity contribution in [3.05, 3.63) is 82.8 Å². The lowest BCUT2D eigenvalue weighted by atomic mass is 10.1. The van der Waals surface area contributed by atoms with E-state index in [1.165, 1.54) is 24.5 Å². The van der Waals surface area contributed by atoms with Crippen LogP contribution in [0.1, 0.15) is 34.5 Å². The van der Waals surface area contributed by atoms with Gasteiger partial charge in [0, 0.05) is 11.3 Å². The Hall–Kier alpha value is -3.13. The van der Waals surface area contributed by atoms with E-state index in [9.17, 15) is 18.0 Å². The van der Waals surface area contributed by atoms with E-state index in [1.807, 2.05) is 0 Å². The van der Waals surface area contributed by atoms with Crippen molar-refractivity contribution in [2.24, 2.45) is 0 Å². The Morgan fingerprint density at radius 2 is 1.90 bits per heavy atom. The van der Waals surface area contributed by atoms with Gasteiger partial charge in [0.2, 0.25) is 5.88 Å². The Kier molecular flexibility index (Phi) is 6.03. The summed E-state index contributed by atoms with van der Waals surface area (Å²) in [6, 6.07) is 11.0. The number of amides is 1. The molecule has 1 amide bonds. The molecule has 0 saturated carbocycles. The third-order valence-electron chi connectivity index (χ3n) is 3.95. The van der Waals surface area contributed by atoms with Crippen LogP contribution in [0, 0.1) is 0 Å². The minimum Gasteiger partial charge on any atom is -0.469 e. The van der Waals surface area contributed by atoms with Gasteiger partial charge in [-0.1, -0.05) is 29.8 Å². The molecule has 1 aromatic heterocycles. The van der Waals surface area contributed by atoms with E-state index in [2.05, 4.69) is 15.3 Å². The van der Waals surface area contributed by atoms with Gasteiger partial charge >= 0.3 is 6.18 Å². The number of hydrogen-bond donors (Lipinski definition) is 1. The summed E-state index contributed by atoms with van der Waals surface area (Å²) in [7, 11) is 0. The molecule has 0 fully saturated rings. The van der Waals surface area contributed by atoms with E-state index in [4.69, 9.17) is 16.3 Å². The van der Waals surface area contributed by atoms with Crippen molar-refractivity contribution in [3.63, 3.8) is 0 Å². The van der Waals surface area contributed by atoms with Gasteiger partial charge in [0.1, 0.15) is 6.10 Å². The van der Waals surface area contributed by atoms with Crippen LogP contribution in [0.5, 0.6) is 5.88 Å². The highest BCUT2D eigenvalue weighted by Crippen LogP contribution is 2.30. The molecule has 0 aliphatic heterocycles. The maximum atomic E-state index is 12.8. The molecule has 2 aromatic carbocycles. The highest BCUT2D eigenvalue weighted by Gasteiger charge is 2.30. The highest BCUT2D eigenvalue weighted by molar-refractivity contribution is 6.29. The number of rotatable bonds is 5. The number of hydrogen-bond acceptors (Lipinski definition) is 4. The first-order valence-corrected chi connectivity index (χ1v) is 8.83. The van der Waals surface area contributed by atoms with Gasteiger partial charge in [-0.25, -0.2) is 0 Å². The molecule has 0 aliphatic rings. The van der Waals surface area contributed by atoms with Crippen molar-refractivity contribution in [3.8, 4) is 5.88 Å². The topological polar surface area (TPSA) is 64.1 Å². The maximum Gasteiger partial charge on any atom is 0.416 e. The van der Waals surface area contributed by atoms with Crippen LogP contribution in [0.25, 0.3) is 0 Å². The number of anilines is 1. The molecule has 3 aromatic rings. The quantitative estimate of drug-likeness (QED) is 0.587. The Balaban J connectivity index is 1.73. The van der Waals surface area contributed by atoms with Crippen molar-refractivity contribution >= 4 is 23.2 Å². The number of carbonyl (C=O) groups excluding carboxylic acids is 1. The predicted molar refractivity (Wildman–Crippen MR) is 102 cm³/mol. The Morgan fingerprint density at radius 3 is 2.62 bits per heavy atom. The van der Waals surface area contributed by atoms with E-state index < -0.39 is 23.8 Å². The summed E-state index contributed by atoms with van der Waals surface area (Å²) < 4.78 is 44.2. The molecule has 0 radical (unpaired) electrons. The average Bonchev–Trinajstić information content (AvgIpc) is 2.67. The van der Waals surface area contributed by atoms with Gasteiger partial charge in [0.05, 0.1) is 18.0 Å². The zero-order valence-electron chi connectivity index (χ0n) is 15.1. The molecule has 9 heteroatoms. The molecular formula is C20H15ClF3N3O2. The number of carbonyl (C=O) groups is 1. The van der Waals surface area contributed by atoms with Crippen molar-refractivity contribution in [2.45, 2.75) is 19.2 Å². The predicted octanol–water partition coefficient (Wildman–Crippen LogP) is 5.54. The smallest absolute Gasteiger partial charge is 0.416 e. The van der Waals surface area contributed by atoms with Gasteiger partial charge in [-0.15, -0.1) is 0 Å². The van der Waals surface area contributed by atoms with Gasteiger partial charge in [-0.3, -0.25) is 9.78 Å². The zero-order chi connectivity index (χ0) is 21.0. The molecule has 1 N–H and O–H groups in total. The summed E-state index contributed by atoms with van der Waals surface area (Å²) >= 11 is 5.78. The minimum atomic E-state index is -4.52. The van der Waals surface area contributed by atoms with Crippen molar-refractivity contribution < 1.29 is 22.7 Å². The minimum absolute atomic E-state index is 0.0938.